The number of aromatic nitrogens is 1. The summed E-state index contributed by atoms with van der Waals surface area (Å²) in [4.78, 5) is 6.74. The molecule has 2 heterocycles. The van der Waals surface area contributed by atoms with Crippen molar-refractivity contribution < 1.29 is 0 Å². The molecule has 1 atom stereocenters. The summed E-state index contributed by atoms with van der Waals surface area (Å²) in [5.74, 6) is 0. The Bertz CT molecular complexity index is 313. The molecule has 1 saturated heterocycles. The second kappa shape index (κ2) is 6.72. The molecule has 1 aliphatic heterocycles. The molecule has 0 amide bonds. The van der Waals surface area contributed by atoms with Crippen LogP contribution in [0.5, 0.6) is 0 Å². The second-order valence-corrected chi connectivity index (χ2v) is 4.89. The van der Waals surface area contributed by atoms with Gasteiger partial charge in [0.05, 0.1) is 0 Å². The van der Waals surface area contributed by atoms with Gasteiger partial charge in [0.15, 0.2) is 0 Å². The van der Waals surface area contributed by atoms with Crippen molar-refractivity contribution in [3.05, 3.63) is 30.1 Å². The van der Waals surface area contributed by atoms with E-state index in [1.807, 2.05) is 18.5 Å². The zero-order chi connectivity index (χ0) is 11.9. The molecule has 1 fully saturated rings. The maximum atomic E-state index is 4.19. The van der Waals surface area contributed by atoms with Crippen LogP contribution < -0.4 is 5.32 Å². The van der Waals surface area contributed by atoms with Gasteiger partial charge >= 0.3 is 0 Å². The summed E-state index contributed by atoms with van der Waals surface area (Å²) < 4.78 is 0. The van der Waals surface area contributed by atoms with Crippen molar-refractivity contribution in [1.82, 2.24) is 15.2 Å². The first-order chi connectivity index (χ1) is 8.38. The van der Waals surface area contributed by atoms with E-state index in [2.05, 4.69) is 28.2 Å². The van der Waals surface area contributed by atoms with Gasteiger partial charge in [0.25, 0.3) is 0 Å². The van der Waals surface area contributed by atoms with Crippen LogP contribution in [0, 0.1) is 0 Å². The average molecular weight is 233 g/mol. The Morgan fingerprint density at radius 2 is 2.47 bits per heavy atom. The Hall–Kier alpha value is -0.930. The lowest BCUT2D eigenvalue weighted by Gasteiger charge is -2.24. The van der Waals surface area contributed by atoms with E-state index in [4.69, 9.17) is 0 Å². The van der Waals surface area contributed by atoms with Gasteiger partial charge in [-0.2, -0.15) is 0 Å². The van der Waals surface area contributed by atoms with E-state index in [-0.39, 0.29) is 0 Å². The van der Waals surface area contributed by atoms with Crippen molar-refractivity contribution in [2.75, 3.05) is 19.6 Å². The molecule has 0 aromatic carbocycles. The maximum absolute atomic E-state index is 4.19. The quantitative estimate of drug-likeness (QED) is 0.862. The van der Waals surface area contributed by atoms with Gasteiger partial charge in [-0.25, -0.2) is 0 Å². The molecule has 1 N–H and O–H groups in total. The van der Waals surface area contributed by atoms with Crippen molar-refractivity contribution in [2.24, 2.45) is 0 Å². The number of pyridine rings is 1. The predicted molar refractivity (Wildman–Crippen MR) is 70.8 cm³/mol. The second-order valence-electron chi connectivity index (χ2n) is 4.89. The molecule has 0 bridgehead atoms. The number of nitrogens with zero attached hydrogens (tertiary/aromatic N) is 2. The van der Waals surface area contributed by atoms with Crippen LogP contribution in [0.3, 0.4) is 0 Å². The van der Waals surface area contributed by atoms with Gasteiger partial charge in [0, 0.05) is 31.5 Å². The van der Waals surface area contributed by atoms with Gasteiger partial charge in [-0.1, -0.05) is 19.4 Å². The third-order valence-electron chi connectivity index (χ3n) is 3.33. The van der Waals surface area contributed by atoms with Crippen molar-refractivity contribution in [2.45, 2.75) is 38.8 Å². The summed E-state index contributed by atoms with van der Waals surface area (Å²) in [6.45, 7) is 6.83. The summed E-state index contributed by atoms with van der Waals surface area (Å²) >= 11 is 0. The Balaban J connectivity index is 1.90. The summed E-state index contributed by atoms with van der Waals surface area (Å²) in [6.07, 6.45) is 7.61. The molecular weight excluding hydrogens is 210 g/mol. The van der Waals surface area contributed by atoms with E-state index < -0.39 is 0 Å². The minimum Gasteiger partial charge on any atom is -0.313 e. The molecule has 1 aromatic heterocycles. The molecule has 0 aliphatic carbocycles. The zero-order valence-corrected chi connectivity index (χ0v) is 10.7. The molecular formula is C14H23N3. The third-order valence-corrected chi connectivity index (χ3v) is 3.33. The van der Waals surface area contributed by atoms with Crippen molar-refractivity contribution >= 4 is 0 Å². The predicted octanol–water partition coefficient (Wildman–Crippen LogP) is 2.05. The normalized spacial score (nSPS) is 22.3. The van der Waals surface area contributed by atoms with Gasteiger partial charge in [-0.05, 0) is 37.6 Å². The van der Waals surface area contributed by atoms with Crippen molar-refractivity contribution in [3.8, 4) is 0 Å². The highest BCUT2D eigenvalue weighted by Gasteiger charge is 2.16. The van der Waals surface area contributed by atoms with Crippen molar-refractivity contribution in [1.29, 1.82) is 0 Å². The minimum absolute atomic E-state index is 0.666. The molecule has 3 nitrogen and oxygen atoms in total. The first-order valence-corrected chi connectivity index (χ1v) is 6.73. The summed E-state index contributed by atoms with van der Waals surface area (Å²) in [7, 11) is 0. The number of hydrogen-bond acceptors (Lipinski definition) is 3. The van der Waals surface area contributed by atoms with Crippen LogP contribution in [0.2, 0.25) is 0 Å². The standard InChI is InChI=1S/C14H23N3/c1-2-5-14-12-17(9-4-8-16-14)11-13-6-3-7-15-10-13/h3,6-7,10,14,16H,2,4-5,8-9,11-12H2,1H3. The van der Waals surface area contributed by atoms with Crippen LogP contribution in [-0.2, 0) is 6.54 Å². The smallest absolute Gasteiger partial charge is 0.0312 e. The highest BCUT2D eigenvalue weighted by molar-refractivity contribution is 5.08. The van der Waals surface area contributed by atoms with Crippen LogP contribution in [0.15, 0.2) is 24.5 Å². The molecule has 1 unspecified atom stereocenters. The average Bonchev–Trinajstić information content (AvgIpc) is 2.56. The molecule has 94 valence electrons. The van der Waals surface area contributed by atoms with Crippen molar-refractivity contribution in [3.63, 3.8) is 0 Å². The Morgan fingerprint density at radius 1 is 1.53 bits per heavy atom. The number of nitrogens with one attached hydrogen (secondary N) is 1. The monoisotopic (exact) mass is 233 g/mol. The SMILES string of the molecule is CCCC1CN(Cc2cccnc2)CCCN1. The minimum atomic E-state index is 0.666. The fraction of sp³-hybridized carbons (Fsp3) is 0.643. The van der Waals surface area contributed by atoms with E-state index in [0.717, 1.165) is 13.1 Å². The van der Waals surface area contributed by atoms with E-state index in [1.165, 1.54) is 37.9 Å². The summed E-state index contributed by atoms with van der Waals surface area (Å²) in [5.41, 5.74) is 1.32. The first-order valence-electron chi connectivity index (χ1n) is 6.73. The fourth-order valence-corrected chi connectivity index (χ4v) is 2.51. The lowest BCUT2D eigenvalue weighted by atomic mass is 10.1. The van der Waals surface area contributed by atoms with Crippen LogP contribution in [-0.4, -0.2) is 35.6 Å². The van der Waals surface area contributed by atoms with E-state index in [9.17, 15) is 0 Å². The Labute approximate surface area is 104 Å². The molecule has 0 radical (unpaired) electrons. The lowest BCUT2D eigenvalue weighted by Crippen LogP contribution is -2.37. The molecule has 3 heteroatoms. The maximum Gasteiger partial charge on any atom is 0.0312 e. The van der Waals surface area contributed by atoms with E-state index >= 15 is 0 Å². The lowest BCUT2D eigenvalue weighted by molar-refractivity contribution is 0.254. The molecule has 1 aromatic rings. The fourth-order valence-electron chi connectivity index (χ4n) is 2.51. The van der Waals surface area contributed by atoms with Gasteiger partial charge in [0.2, 0.25) is 0 Å². The first kappa shape index (κ1) is 12.5. The highest BCUT2D eigenvalue weighted by atomic mass is 15.2. The molecule has 0 spiro atoms. The van der Waals surface area contributed by atoms with Crippen LogP contribution in [0.1, 0.15) is 31.7 Å². The van der Waals surface area contributed by atoms with Crippen LogP contribution in [0.4, 0.5) is 0 Å². The number of rotatable bonds is 4. The molecule has 17 heavy (non-hydrogen) atoms. The van der Waals surface area contributed by atoms with E-state index in [0.29, 0.717) is 6.04 Å². The van der Waals surface area contributed by atoms with Gasteiger partial charge in [-0.3, -0.25) is 9.88 Å². The number of hydrogen-bond donors (Lipinski definition) is 1. The van der Waals surface area contributed by atoms with Gasteiger partial charge < -0.3 is 5.32 Å². The Morgan fingerprint density at radius 3 is 3.24 bits per heavy atom. The Kier molecular flexibility index (Phi) is 4.95. The molecule has 1 aliphatic rings. The largest absolute Gasteiger partial charge is 0.313 e. The third kappa shape index (κ3) is 4.10. The summed E-state index contributed by atoms with van der Waals surface area (Å²) in [6, 6.07) is 4.86. The topological polar surface area (TPSA) is 28.2 Å². The molecule has 2 rings (SSSR count). The van der Waals surface area contributed by atoms with E-state index in [1.54, 1.807) is 0 Å². The van der Waals surface area contributed by atoms with Gasteiger partial charge in [-0.15, -0.1) is 0 Å². The van der Waals surface area contributed by atoms with Crippen LogP contribution >= 0.6 is 0 Å². The molecule has 0 saturated carbocycles. The zero-order valence-electron chi connectivity index (χ0n) is 10.7. The highest BCUT2D eigenvalue weighted by Crippen LogP contribution is 2.09. The van der Waals surface area contributed by atoms with Crippen LogP contribution in [0.25, 0.3) is 0 Å². The van der Waals surface area contributed by atoms with Gasteiger partial charge in [0.1, 0.15) is 0 Å². The summed E-state index contributed by atoms with van der Waals surface area (Å²) in [5, 5.41) is 3.64.